The Morgan fingerprint density at radius 2 is 2.22 bits per heavy atom. The molecule has 1 unspecified atom stereocenters. The lowest BCUT2D eigenvalue weighted by molar-refractivity contribution is 0.604. The molecule has 0 radical (unpaired) electrons. The maximum absolute atomic E-state index is 12.9. The molecule has 0 fully saturated rings. The molecule has 98 valence electrons. The van der Waals surface area contributed by atoms with Gasteiger partial charge in [-0.15, -0.1) is 0 Å². The van der Waals surface area contributed by atoms with E-state index in [0.29, 0.717) is 18.0 Å². The predicted octanol–water partition coefficient (Wildman–Crippen LogP) is 2.23. The summed E-state index contributed by atoms with van der Waals surface area (Å²) in [7, 11) is -3.95. The number of hydrogen-bond donors (Lipinski definition) is 0. The first-order valence-corrected chi connectivity index (χ1v) is 6.53. The summed E-state index contributed by atoms with van der Waals surface area (Å²) in [6, 6.07) is 1.54. The van der Waals surface area contributed by atoms with Crippen molar-refractivity contribution in [3.8, 4) is 6.07 Å². The fraction of sp³-hybridized carbons (Fsp3) is 0.273. The molecule has 0 rings (SSSR count). The first kappa shape index (κ1) is 16.2. The molecule has 0 aliphatic rings. The Kier molecular flexibility index (Phi) is 7.47. The molecule has 0 aliphatic carbocycles. The molecule has 1 atom stereocenters. The fourth-order valence-electron chi connectivity index (χ4n) is 0.821. The Morgan fingerprint density at radius 1 is 1.56 bits per heavy atom. The summed E-state index contributed by atoms with van der Waals surface area (Å²) in [4.78, 5) is 3.66. The van der Waals surface area contributed by atoms with E-state index in [1.54, 1.807) is 6.92 Å². The highest BCUT2D eigenvalue weighted by Gasteiger charge is 2.20. The minimum absolute atomic E-state index is 0.105. The zero-order valence-corrected chi connectivity index (χ0v) is 10.4. The average Bonchev–Trinajstić information content (AvgIpc) is 2.34. The van der Waals surface area contributed by atoms with Gasteiger partial charge in [-0.1, -0.05) is 0 Å². The van der Waals surface area contributed by atoms with Crippen molar-refractivity contribution < 1.29 is 17.2 Å². The molecule has 18 heavy (non-hydrogen) atoms. The molecule has 0 aromatic carbocycles. The molecule has 0 heterocycles. The summed E-state index contributed by atoms with van der Waals surface area (Å²) in [5.41, 5.74) is 0. The van der Waals surface area contributed by atoms with Gasteiger partial charge < -0.3 is 0 Å². The van der Waals surface area contributed by atoms with Crippen molar-refractivity contribution in [1.82, 2.24) is 0 Å². The van der Waals surface area contributed by atoms with Crippen molar-refractivity contribution in [2.45, 2.75) is 12.2 Å². The van der Waals surface area contributed by atoms with Crippen LogP contribution in [-0.4, -0.2) is 26.4 Å². The summed E-state index contributed by atoms with van der Waals surface area (Å²) in [6.45, 7) is 2.02. The van der Waals surface area contributed by atoms with E-state index < -0.39 is 20.9 Å². The topological polar surface area (TPSA) is 70.3 Å². The van der Waals surface area contributed by atoms with Crippen molar-refractivity contribution in [2.24, 2.45) is 4.99 Å². The van der Waals surface area contributed by atoms with Crippen LogP contribution in [0.15, 0.2) is 40.8 Å². The zero-order valence-electron chi connectivity index (χ0n) is 9.62. The summed E-state index contributed by atoms with van der Waals surface area (Å²) in [5, 5.41) is 7.77. The Hall–Kier alpha value is -1.81. The summed E-state index contributed by atoms with van der Waals surface area (Å²) in [6.07, 6.45) is 3.25. The van der Waals surface area contributed by atoms with Gasteiger partial charge in [0.15, 0.2) is 15.1 Å². The highest BCUT2D eigenvalue weighted by molar-refractivity contribution is 7.95. The number of allylic oxidation sites excluding steroid dienone is 4. The Balaban J connectivity index is 5.01. The third-order valence-corrected chi connectivity index (χ3v) is 3.10. The first-order valence-electron chi connectivity index (χ1n) is 4.92. The van der Waals surface area contributed by atoms with Gasteiger partial charge in [-0.05, 0) is 25.2 Å². The van der Waals surface area contributed by atoms with Crippen LogP contribution in [-0.2, 0) is 9.84 Å². The second-order valence-electron chi connectivity index (χ2n) is 2.96. The molecular formula is C11H12F2N2O2S. The van der Waals surface area contributed by atoms with Crippen LogP contribution in [0.3, 0.4) is 0 Å². The van der Waals surface area contributed by atoms with E-state index in [2.05, 4.69) is 4.99 Å². The van der Waals surface area contributed by atoms with E-state index in [-0.39, 0.29) is 6.33 Å². The lowest BCUT2D eigenvalue weighted by Gasteiger charge is -1.99. The normalized spacial score (nSPS) is 15.6. The van der Waals surface area contributed by atoms with Gasteiger partial charge in [0.1, 0.15) is 5.83 Å². The largest absolute Gasteiger partial charge is 0.295 e. The standard InChI is InChI=1S/C11H12F2N2O2S/c1-2-15-9-11(8-14)18(16,17)7-5-10(13)4-3-6-12/h3-7,9,11H,2H2,1H3/b6-3+,7-5+,10-4+,15-9?. The number of halogens is 2. The van der Waals surface area contributed by atoms with E-state index in [0.717, 1.165) is 18.4 Å². The summed E-state index contributed by atoms with van der Waals surface area (Å²) < 4.78 is 47.6. The molecular weight excluding hydrogens is 262 g/mol. The van der Waals surface area contributed by atoms with E-state index in [9.17, 15) is 17.2 Å². The van der Waals surface area contributed by atoms with Gasteiger partial charge in [0.05, 0.1) is 12.4 Å². The molecule has 0 N–H and O–H groups in total. The van der Waals surface area contributed by atoms with Gasteiger partial charge in [-0.25, -0.2) is 17.2 Å². The van der Waals surface area contributed by atoms with Gasteiger partial charge in [0.2, 0.25) is 0 Å². The Labute approximate surface area is 105 Å². The van der Waals surface area contributed by atoms with Crippen LogP contribution in [0, 0.1) is 11.3 Å². The van der Waals surface area contributed by atoms with Crippen molar-refractivity contribution in [3.05, 3.63) is 35.8 Å². The first-order chi connectivity index (χ1) is 8.47. The number of rotatable bonds is 6. The maximum atomic E-state index is 12.9. The Bertz CT molecular complexity index is 514. The fourth-order valence-corrected chi connectivity index (χ4v) is 1.71. The molecule has 0 bridgehead atoms. The second kappa shape index (κ2) is 8.31. The van der Waals surface area contributed by atoms with Crippen LogP contribution in [0.2, 0.25) is 0 Å². The molecule has 0 aliphatic heterocycles. The molecule has 0 spiro atoms. The number of aliphatic imine (C=N–C) groups is 1. The van der Waals surface area contributed by atoms with Gasteiger partial charge in [0.25, 0.3) is 0 Å². The van der Waals surface area contributed by atoms with Crippen molar-refractivity contribution >= 4 is 16.1 Å². The van der Waals surface area contributed by atoms with E-state index >= 15 is 0 Å². The zero-order chi connectivity index (χ0) is 14.0. The molecule has 0 aromatic rings. The quantitative estimate of drug-likeness (QED) is 0.551. The summed E-state index contributed by atoms with van der Waals surface area (Å²) in [5.74, 6) is -0.948. The van der Waals surface area contributed by atoms with Crippen molar-refractivity contribution in [2.75, 3.05) is 6.54 Å². The van der Waals surface area contributed by atoms with Crippen LogP contribution in [0.1, 0.15) is 6.92 Å². The van der Waals surface area contributed by atoms with E-state index in [1.807, 2.05) is 0 Å². The highest BCUT2D eigenvalue weighted by atomic mass is 32.2. The molecule has 0 aromatic heterocycles. The van der Waals surface area contributed by atoms with Gasteiger partial charge in [-0.2, -0.15) is 5.26 Å². The van der Waals surface area contributed by atoms with Gasteiger partial charge in [-0.3, -0.25) is 4.99 Å². The molecule has 0 saturated heterocycles. The lowest BCUT2D eigenvalue weighted by Crippen LogP contribution is -2.18. The van der Waals surface area contributed by atoms with Gasteiger partial charge >= 0.3 is 0 Å². The van der Waals surface area contributed by atoms with Crippen molar-refractivity contribution in [3.63, 3.8) is 0 Å². The van der Waals surface area contributed by atoms with E-state index in [4.69, 9.17) is 5.26 Å². The van der Waals surface area contributed by atoms with E-state index in [1.165, 1.54) is 6.07 Å². The monoisotopic (exact) mass is 274 g/mol. The average molecular weight is 274 g/mol. The summed E-state index contributed by atoms with van der Waals surface area (Å²) >= 11 is 0. The highest BCUT2D eigenvalue weighted by Crippen LogP contribution is 2.06. The number of nitrogens with zero attached hydrogens (tertiary/aromatic N) is 2. The van der Waals surface area contributed by atoms with Crippen LogP contribution in [0.25, 0.3) is 0 Å². The van der Waals surface area contributed by atoms with Crippen molar-refractivity contribution in [1.29, 1.82) is 5.26 Å². The van der Waals surface area contributed by atoms with Crippen LogP contribution in [0.5, 0.6) is 0 Å². The maximum Gasteiger partial charge on any atom is 0.193 e. The predicted molar refractivity (Wildman–Crippen MR) is 65.9 cm³/mol. The minimum Gasteiger partial charge on any atom is -0.295 e. The minimum atomic E-state index is -3.95. The van der Waals surface area contributed by atoms with Crippen LogP contribution >= 0.6 is 0 Å². The lowest BCUT2D eigenvalue weighted by atomic mass is 10.4. The second-order valence-corrected chi connectivity index (χ2v) is 4.92. The third-order valence-electron chi connectivity index (χ3n) is 1.65. The van der Waals surface area contributed by atoms with Crippen LogP contribution < -0.4 is 0 Å². The van der Waals surface area contributed by atoms with Gasteiger partial charge in [0, 0.05) is 18.2 Å². The van der Waals surface area contributed by atoms with Crippen LogP contribution in [0.4, 0.5) is 8.78 Å². The molecule has 0 saturated carbocycles. The third kappa shape index (κ3) is 6.06. The number of sulfone groups is 1. The molecule has 0 amide bonds. The number of hydrogen-bond acceptors (Lipinski definition) is 4. The molecule has 4 nitrogen and oxygen atoms in total. The smallest absolute Gasteiger partial charge is 0.193 e. The Morgan fingerprint density at radius 3 is 2.72 bits per heavy atom. The molecule has 7 heteroatoms. The number of nitriles is 1. The SMILES string of the molecule is CCN=CC(C#N)S(=O)(=O)/C=C/C(F)=C\C=C\F.